The van der Waals surface area contributed by atoms with E-state index in [2.05, 4.69) is 18.7 Å². The van der Waals surface area contributed by atoms with Gasteiger partial charge in [0.15, 0.2) is 0 Å². The second kappa shape index (κ2) is 9.22. The highest BCUT2D eigenvalue weighted by molar-refractivity contribution is 6.20. The lowest BCUT2D eigenvalue weighted by atomic mass is 9.94. The molecule has 1 saturated heterocycles. The molecule has 0 aromatic rings. The minimum atomic E-state index is 0.367. The fourth-order valence-electron chi connectivity index (χ4n) is 2.75. The first kappa shape index (κ1) is 15.3. The Balaban J connectivity index is 1.95. The first-order valence-electron chi connectivity index (χ1n) is 7.60. The van der Waals surface area contributed by atoms with E-state index in [-0.39, 0.29) is 0 Å². The molecule has 1 unspecified atom stereocenters. The van der Waals surface area contributed by atoms with Crippen LogP contribution in [-0.2, 0) is 0 Å². The zero-order valence-electron chi connectivity index (χ0n) is 11.8. The Labute approximate surface area is 113 Å². The first-order valence-corrected chi connectivity index (χ1v) is 8.04. The van der Waals surface area contributed by atoms with Gasteiger partial charge in [0, 0.05) is 5.38 Å². The number of nitrogens with zero attached hydrogens (tertiary/aromatic N) is 1. The second-order valence-electron chi connectivity index (χ2n) is 5.62. The van der Waals surface area contributed by atoms with Crippen molar-refractivity contribution in [2.75, 3.05) is 19.6 Å². The van der Waals surface area contributed by atoms with Crippen LogP contribution in [0.4, 0.5) is 0 Å². The average molecular weight is 260 g/mol. The van der Waals surface area contributed by atoms with Gasteiger partial charge >= 0.3 is 0 Å². The molecule has 0 bridgehead atoms. The van der Waals surface area contributed by atoms with E-state index < -0.39 is 0 Å². The van der Waals surface area contributed by atoms with Crippen LogP contribution in [0.3, 0.4) is 0 Å². The van der Waals surface area contributed by atoms with E-state index in [0.29, 0.717) is 5.38 Å². The maximum absolute atomic E-state index is 6.16. The Hall–Kier alpha value is 0.250. The summed E-state index contributed by atoms with van der Waals surface area (Å²) < 4.78 is 0. The summed E-state index contributed by atoms with van der Waals surface area (Å²) in [4.78, 5) is 2.63. The maximum atomic E-state index is 6.16. The number of unbranched alkanes of at least 4 members (excludes halogenated alkanes) is 5. The van der Waals surface area contributed by atoms with E-state index in [4.69, 9.17) is 11.6 Å². The molecule has 1 aliphatic heterocycles. The number of halogens is 1. The van der Waals surface area contributed by atoms with Crippen LogP contribution in [0.25, 0.3) is 0 Å². The number of hydrogen-bond acceptors (Lipinski definition) is 1. The van der Waals surface area contributed by atoms with Crippen molar-refractivity contribution in [3.63, 3.8) is 0 Å². The Morgan fingerprint density at radius 2 is 1.65 bits per heavy atom. The van der Waals surface area contributed by atoms with Gasteiger partial charge in [0.2, 0.25) is 0 Å². The quantitative estimate of drug-likeness (QED) is 0.452. The number of hydrogen-bond donors (Lipinski definition) is 0. The molecule has 102 valence electrons. The molecule has 1 atom stereocenters. The van der Waals surface area contributed by atoms with Gasteiger partial charge in [-0.2, -0.15) is 0 Å². The predicted molar refractivity (Wildman–Crippen MR) is 77.9 cm³/mol. The summed E-state index contributed by atoms with van der Waals surface area (Å²) in [5.74, 6) is 0.762. The molecule has 1 fully saturated rings. The summed E-state index contributed by atoms with van der Waals surface area (Å²) in [7, 11) is 0. The lowest BCUT2D eigenvalue weighted by Gasteiger charge is -2.33. The van der Waals surface area contributed by atoms with E-state index >= 15 is 0 Å². The molecule has 2 heteroatoms. The van der Waals surface area contributed by atoms with E-state index in [1.165, 1.54) is 71.0 Å². The van der Waals surface area contributed by atoms with E-state index in [0.717, 1.165) is 5.92 Å². The number of likely N-dealkylation sites (tertiary alicyclic amines) is 1. The van der Waals surface area contributed by atoms with Crippen molar-refractivity contribution in [2.24, 2.45) is 5.92 Å². The van der Waals surface area contributed by atoms with Gasteiger partial charge in [0.05, 0.1) is 0 Å². The van der Waals surface area contributed by atoms with Crippen LogP contribution in [0.2, 0.25) is 0 Å². The van der Waals surface area contributed by atoms with Crippen molar-refractivity contribution in [3.8, 4) is 0 Å². The molecule has 0 radical (unpaired) electrons. The van der Waals surface area contributed by atoms with Crippen LogP contribution >= 0.6 is 11.6 Å². The molecule has 0 aromatic carbocycles. The number of piperidine rings is 1. The fourth-order valence-corrected chi connectivity index (χ4v) is 3.00. The van der Waals surface area contributed by atoms with Crippen LogP contribution in [-0.4, -0.2) is 29.9 Å². The summed E-state index contributed by atoms with van der Waals surface area (Å²) in [5.41, 5.74) is 0. The van der Waals surface area contributed by atoms with E-state index in [1.54, 1.807) is 0 Å². The summed E-state index contributed by atoms with van der Waals surface area (Å²) in [6.07, 6.45) is 11.1. The van der Waals surface area contributed by atoms with Gasteiger partial charge in [-0.25, -0.2) is 0 Å². The Morgan fingerprint density at radius 1 is 1.06 bits per heavy atom. The Bertz CT molecular complexity index is 174. The predicted octanol–water partition coefficient (Wildman–Crippen LogP) is 4.69. The van der Waals surface area contributed by atoms with Gasteiger partial charge in [-0.1, -0.05) is 39.0 Å². The van der Waals surface area contributed by atoms with Crippen LogP contribution in [0.1, 0.15) is 65.2 Å². The third kappa shape index (κ3) is 6.67. The van der Waals surface area contributed by atoms with Gasteiger partial charge in [-0.15, -0.1) is 11.6 Å². The third-order valence-corrected chi connectivity index (χ3v) is 4.47. The van der Waals surface area contributed by atoms with Crippen LogP contribution in [0.15, 0.2) is 0 Å². The van der Waals surface area contributed by atoms with Gasteiger partial charge in [-0.05, 0) is 51.7 Å². The normalized spacial score (nSPS) is 20.6. The first-order chi connectivity index (χ1) is 8.24. The molecule has 0 spiro atoms. The summed E-state index contributed by atoms with van der Waals surface area (Å²) in [6.45, 7) is 8.29. The molecule has 1 nitrogen and oxygen atoms in total. The Morgan fingerprint density at radius 3 is 2.24 bits per heavy atom. The molecule has 1 rings (SSSR count). The lowest BCUT2D eigenvalue weighted by molar-refractivity contribution is 0.180. The zero-order valence-corrected chi connectivity index (χ0v) is 12.5. The van der Waals surface area contributed by atoms with Gasteiger partial charge in [0.25, 0.3) is 0 Å². The highest BCUT2D eigenvalue weighted by Crippen LogP contribution is 2.23. The minimum Gasteiger partial charge on any atom is -0.303 e. The SMILES string of the molecule is CCCCCCCCN1CCC(C(C)Cl)CC1. The van der Waals surface area contributed by atoms with Crippen LogP contribution < -0.4 is 0 Å². The summed E-state index contributed by atoms with van der Waals surface area (Å²) in [5, 5.41) is 0.367. The largest absolute Gasteiger partial charge is 0.303 e. The molecule has 17 heavy (non-hydrogen) atoms. The second-order valence-corrected chi connectivity index (χ2v) is 6.31. The number of rotatable bonds is 8. The highest BCUT2D eigenvalue weighted by atomic mass is 35.5. The lowest BCUT2D eigenvalue weighted by Crippen LogP contribution is -2.36. The molecule has 0 aromatic heterocycles. The molecule has 1 aliphatic rings. The summed E-state index contributed by atoms with van der Waals surface area (Å²) in [6, 6.07) is 0. The van der Waals surface area contributed by atoms with E-state index in [1.807, 2.05) is 0 Å². The maximum Gasteiger partial charge on any atom is 0.0337 e. The fraction of sp³-hybridized carbons (Fsp3) is 1.00. The van der Waals surface area contributed by atoms with Crippen LogP contribution in [0.5, 0.6) is 0 Å². The molecule has 0 amide bonds. The standard InChI is InChI=1S/C15H30ClN/c1-3-4-5-6-7-8-11-17-12-9-15(10-13-17)14(2)16/h14-15H,3-13H2,1-2H3. The third-order valence-electron chi connectivity index (χ3n) is 4.11. The topological polar surface area (TPSA) is 3.24 Å². The molecule has 1 heterocycles. The van der Waals surface area contributed by atoms with Crippen molar-refractivity contribution >= 4 is 11.6 Å². The zero-order chi connectivity index (χ0) is 12.5. The van der Waals surface area contributed by atoms with Gasteiger partial charge in [0.1, 0.15) is 0 Å². The van der Waals surface area contributed by atoms with Gasteiger partial charge in [-0.3, -0.25) is 0 Å². The molecule has 0 saturated carbocycles. The van der Waals surface area contributed by atoms with Gasteiger partial charge < -0.3 is 4.90 Å². The van der Waals surface area contributed by atoms with Crippen molar-refractivity contribution in [2.45, 2.75) is 70.6 Å². The molecule has 0 aliphatic carbocycles. The Kier molecular flexibility index (Phi) is 8.30. The van der Waals surface area contributed by atoms with Crippen molar-refractivity contribution < 1.29 is 0 Å². The monoisotopic (exact) mass is 259 g/mol. The molecular formula is C15H30ClN. The smallest absolute Gasteiger partial charge is 0.0337 e. The minimum absolute atomic E-state index is 0.367. The van der Waals surface area contributed by atoms with Crippen LogP contribution in [0, 0.1) is 5.92 Å². The number of alkyl halides is 1. The molecule has 0 N–H and O–H groups in total. The molecular weight excluding hydrogens is 230 g/mol. The average Bonchev–Trinajstić information content (AvgIpc) is 2.34. The highest BCUT2D eigenvalue weighted by Gasteiger charge is 2.21. The van der Waals surface area contributed by atoms with Crippen molar-refractivity contribution in [1.29, 1.82) is 0 Å². The van der Waals surface area contributed by atoms with Crippen molar-refractivity contribution in [3.05, 3.63) is 0 Å². The summed E-state index contributed by atoms with van der Waals surface area (Å²) >= 11 is 6.16. The van der Waals surface area contributed by atoms with Crippen molar-refractivity contribution in [1.82, 2.24) is 4.90 Å². The van der Waals surface area contributed by atoms with E-state index in [9.17, 15) is 0 Å².